The van der Waals surface area contributed by atoms with Crippen LogP contribution in [0.1, 0.15) is 5.56 Å². The molecule has 6 nitrogen and oxygen atoms in total. The standard InChI is InChI=1S/C26H20FN3O3S/c27-20-12-10-18(11-13-20)14-30(26-28-21(17-34-26)19-6-2-1-3-7-19)24(31)15-29-22-8-4-5-9-23(22)33-16-25(29)32/h1-13,17H,14-16H2. The number of hydrogen-bond donors (Lipinski definition) is 0. The monoisotopic (exact) mass is 473 g/mol. The Morgan fingerprint density at radius 3 is 2.56 bits per heavy atom. The second-order valence-corrected chi connectivity index (χ2v) is 8.56. The van der Waals surface area contributed by atoms with Crippen LogP contribution in [0, 0.1) is 5.82 Å². The summed E-state index contributed by atoms with van der Waals surface area (Å²) in [4.78, 5) is 33.8. The van der Waals surface area contributed by atoms with Crippen molar-refractivity contribution < 1.29 is 18.7 Å². The number of anilines is 2. The van der Waals surface area contributed by atoms with Gasteiger partial charge in [0.25, 0.3) is 5.91 Å². The molecule has 4 aromatic rings. The van der Waals surface area contributed by atoms with E-state index in [1.54, 1.807) is 30.3 Å². The van der Waals surface area contributed by atoms with E-state index in [1.807, 2.05) is 41.8 Å². The van der Waals surface area contributed by atoms with Gasteiger partial charge in [-0.3, -0.25) is 19.4 Å². The molecule has 0 saturated carbocycles. The number of benzene rings is 3. The third-order valence-corrected chi connectivity index (χ3v) is 6.31. The molecule has 2 amide bonds. The maximum absolute atomic E-state index is 13.6. The van der Waals surface area contributed by atoms with Crippen LogP contribution >= 0.6 is 11.3 Å². The first-order valence-electron chi connectivity index (χ1n) is 10.7. The highest BCUT2D eigenvalue weighted by atomic mass is 32.1. The summed E-state index contributed by atoms with van der Waals surface area (Å²) in [7, 11) is 0. The van der Waals surface area contributed by atoms with Crippen LogP contribution in [-0.4, -0.2) is 29.9 Å². The zero-order valence-electron chi connectivity index (χ0n) is 18.1. The molecule has 5 rings (SSSR count). The number of ether oxygens (including phenoxy) is 1. The fraction of sp³-hybridized carbons (Fsp3) is 0.115. The van der Waals surface area contributed by atoms with Gasteiger partial charge in [-0.2, -0.15) is 0 Å². The van der Waals surface area contributed by atoms with Crippen LogP contribution in [0.25, 0.3) is 11.3 Å². The van der Waals surface area contributed by atoms with Crippen molar-refractivity contribution in [3.05, 3.63) is 95.6 Å². The molecule has 3 aromatic carbocycles. The average molecular weight is 474 g/mol. The van der Waals surface area contributed by atoms with Crippen molar-refractivity contribution in [3.63, 3.8) is 0 Å². The van der Waals surface area contributed by atoms with Gasteiger partial charge in [0.05, 0.1) is 17.9 Å². The number of amides is 2. The number of rotatable bonds is 6. The lowest BCUT2D eigenvalue weighted by Crippen LogP contribution is -2.46. The molecule has 0 spiro atoms. The quantitative estimate of drug-likeness (QED) is 0.399. The van der Waals surface area contributed by atoms with Crippen LogP contribution in [0.2, 0.25) is 0 Å². The summed E-state index contributed by atoms with van der Waals surface area (Å²) in [5.74, 6) is -0.389. The number of carbonyl (C=O) groups is 2. The van der Waals surface area contributed by atoms with E-state index >= 15 is 0 Å². The van der Waals surface area contributed by atoms with E-state index in [-0.39, 0.29) is 37.3 Å². The number of carbonyl (C=O) groups excluding carboxylic acids is 2. The van der Waals surface area contributed by atoms with Crippen molar-refractivity contribution in [1.82, 2.24) is 4.98 Å². The Morgan fingerprint density at radius 2 is 1.76 bits per heavy atom. The highest BCUT2D eigenvalue weighted by Gasteiger charge is 2.30. The highest BCUT2D eigenvalue weighted by Crippen LogP contribution is 2.33. The van der Waals surface area contributed by atoms with Gasteiger partial charge >= 0.3 is 0 Å². The molecule has 1 aromatic heterocycles. The molecule has 1 aliphatic rings. The van der Waals surface area contributed by atoms with Crippen LogP contribution in [-0.2, 0) is 16.1 Å². The predicted molar refractivity (Wildman–Crippen MR) is 129 cm³/mol. The molecule has 0 aliphatic carbocycles. The summed E-state index contributed by atoms with van der Waals surface area (Å²) in [6.07, 6.45) is 0. The molecule has 0 atom stereocenters. The van der Waals surface area contributed by atoms with Gasteiger partial charge < -0.3 is 4.74 Å². The molecule has 1 aliphatic heterocycles. The Hall–Kier alpha value is -4.04. The van der Waals surface area contributed by atoms with Crippen molar-refractivity contribution in [2.45, 2.75) is 6.54 Å². The Morgan fingerprint density at radius 1 is 1.03 bits per heavy atom. The number of para-hydroxylation sites is 2. The molecule has 2 heterocycles. The lowest BCUT2D eigenvalue weighted by Gasteiger charge is -2.30. The Balaban J connectivity index is 1.46. The fourth-order valence-corrected chi connectivity index (χ4v) is 4.56. The second kappa shape index (κ2) is 9.44. The van der Waals surface area contributed by atoms with E-state index in [4.69, 9.17) is 9.72 Å². The zero-order valence-corrected chi connectivity index (χ0v) is 18.9. The maximum Gasteiger partial charge on any atom is 0.265 e. The highest BCUT2D eigenvalue weighted by molar-refractivity contribution is 7.14. The van der Waals surface area contributed by atoms with Gasteiger partial charge in [-0.25, -0.2) is 9.37 Å². The summed E-state index contributed by atoms with van der Waals surface area (Å²) in [5.41, 5.74) is 3.00. The topological polar surface area (TPSA) is 62.7 Å². The fourth-order valence-electron chi connectivity index (χ4n) is 3.71. The van der Waals surface area contributed by atoms with E-state index < -0.39 is 0 Å². The van der Waals surface area contributed by atoms with E-state index in [0.717, 1.165) is 16.8 Å². The number of nitrogens with zero attached hydrogens (tertiary/aromatic N) is 3. The van der Waals surface area contributed by atoms with Crippen LogP contribution in [0.4, 0.5) is 15.2 Å². The van der Waals surface area contributed by atoms with E-state index in [1.165, 1.54) is 33.3 Å². The zero-order chi connectivity index (χ0) is 23.5. The van der Waals surface area contributed by atoms with Gasteiger partial charge in [-0.15, -0.1) is 11.3 Å². The molecule has 34 heavy (non-hydrogen) atoms. The van der Waals surface area contributed by atoms with Crippen molar-refractivity contribution in [2.24, 2.45) is 0 Å². The summed E-state index contributed by atoms with van der Waals surface area (Å²) < 4.78 is 18.9. The van der Waals surface area contributed by atoms with Gasteiger partial charge in [0, 0.05) is 10.9 Å². The maximum atomic E-state index is 13.6. The predicted octanol–water partition coefficient (Wildman–Crippen LogP) is 4.91. The Kier molecular flexibility index (Phi) is 6.05. The molecule has 8 heteroatoms. The smallest absolute Gasteiger partial charge is 0.265 e. The first kappa shape index (κ1) is 21.8. The molecule has 0 bridgehead atoms. The van der Waals surface area contributed by atoms with Gasteiger partial charge in [0.15, 0.2) is 11.7 Å². The lowest BCUT2D eigenvalue weighted by molar-refractivity contribution is -0.124. The summed E-state index contributed by atoms with van der Waals surface area (Å²) in [6.45, 7) is -0.0979. The third kappa shape index (κ3) is 4.53. The van der Waals surface area contributed by atoms with Gasteiger partial charge in [0.1, 0.15) is 18.1 Å². The Labute approximate surface area is 199 Å². The van der Waals surface area contributed by atoms with Gasteiger partial charge in [0.2, 0.25) is 5.91 Å². The summed E-state index contributed by atoms with van der Waals surface area (Å²) in [5, 5.41) is 2.40. The molecule has 170 valence electrons. The third-order valence-electron chi connectivity index (χ3n) is 5.45. The molecule has 0 unspecified atom stereocenters. The van der Waals surface area contributed by atoms with Gasteiger partial charge in [-0.05, 0) is 29.8 Å². The van der Waals surface area contributed by atoms with Crippen molar-refractivity contribution in [2.75, 3.05) is 23.0 Å². The van der Waals surface area contributed by atoms with Crippen LogP contribution in [0.15, 0.2) is 84.2 Å². The molecular formula is C26H20FN3O3S. The number of halogens is 1. The minimum Gasteiger partial charge on any atom is -0.482 e. The Bertz CT molecular complexity index is 1320. The van der Waals surface area contributed by atoms with Crippen LogP contribution in [0.5, 0.6) is 5.75 Å². The molecule has 0 N–H and O–H groups in total. The molecular weight excluding hydrogens is 453 g/mol. The van der Waals surface area contributed by atoms with Crippen LogP contribution < -0.4 is 14.5 Å². The largest absolute Gasteiger partial charge is 0.482 e. The minimum atomic E-state index is -0.349. The van der Waals surface area contributed by atoms with E-state index in [2.05, 4.69) is 0 Å². The minimum absolute atomic E-state index is 0.127. The van der Waals surface area contributed by atoms with Crippen molar-refractivity contribution >= 4 is 34.0 Å². The van der Waals surface area contributed by atoms with E-state index in [0.29, 0.717) is 16.6 Å². The summed E-state index contributed by atoms with van der Waals surface area (Å²) >= 11 is 1.34. The normalized spacial score (nSPS) is 12.7. The van der Waals surface area contributed by atoms with Gasteiger partial charge in [-0.1, -0.05) is 54.6 Å². The SMILES string of the molecule is O=C(CN1C(=O)COc2ccccc21)N(Cc1ccc(F)cc1)c1nc(-c2ccccc2)cs1. The number of hydrogen-bond acceptors (Lipinski definition) is 5. The van der Waals surface area contributed by atoms with Crippen molar-refractivity contribution in [3.8, 4) is 17.0 Å². The van der Waals surface area contributed by atoms with E-state index in [9.17, 15) is 14.0 Å². The first-order chi connectivity index (χ1) is 16.6. The van der Waals surface area contributed by atoms with Crippen LogP contribution in [0.3, 0.4) is 0 Å². The number of fused-ring (bicyclic) bond motifs is 1. The molecule has 0 saturated heterocycles. The molecule has 0 fully saturated rings. The lowest BCUT2D eigenvalue weighted by atomic mass is 10.2. The number of aromatic nitrogens is 1. The first-order valence-corrected chi connectivity index (χ1v) is 11.5. The number of thiazole rings is 1. The second-order valence-electron chi connectivity index (χ2n) is 7.72. The summed E-state index contributed by atoms with van der Waals surface area (Å²) in [6, 6.07) is 22.8. The average Bonchev–Trinajstić information content (AvgIpc) is 3.36. The molecule has 0 radical (unpaired) electrons. The van der Waals surface area contributed by atoms with Crippen molar-refractivity contribution in [1.29, 1.82) is 0 Å².